The molecule has 0 aromatic rings. The van der Waals surface area contributed by atoms with Crippen LogP contribution in [0.25, 0.3) is 0 Å². The van der Waals surface area contributed by atoms with Gasteiger partial charge in [-0.05, 0) is 53.8 Å². The van der Waals surface area contributed by atoms with Crippen LogP contribution in [0.3, 0.4) is 0 Å². The van der Waals surface area contributed by atoms with E-state index in [4.69, 9.17) is 0 Å². The van der Waals surface area contributed by atoms with Gasteiger partial charge in [-0.25, -0.2) is 0 Å². The molecule has 0 heteroatoms. The van der Waals surface area contributed by atoms with Gasteiger partial charge >= 0.3 is 0 Å². The third-order valence-electron chi connectivity index (χ3n) is 6.64. The summed E-state index contributed by atoms with van der Waals surface area (Å²) in [5.74, 6) is 5.27. The Bertz CT molecular complexity index is 364. The molecule has 0 amide bonds. The highest BCUT2D eigenvalue weighted by Gasteiger charge is 2.55. The lowest BCUT2D eigenvalue weighted by atomic mass is 9.55. The summed E-state index contributed by atoms with van der Waals surface area (Å²) in [6.45, 7) is 10.0. The van der Waals surface area contributed by atoms with Gasteiger partial charge < -0.3 is 0 Å². The summed E-state index contributed by atoms with van der Waals surface area (Å²) < 4.78 is 0. The van der Waals surface area contributed by atoms with Crippen molar-refractivity contribution >= 4 is 0 Å². The molecule has 0 spiro atoms. The average molecular weight is 230 g/mol. The minimum atomic E-state index is 0.584. The van der Waals surface area contributed by atoms with E-state index in [2.05, 4.69) is 52.0 Å². The van der Waals surface area contributed by atoms with E-state index in [9.17, 15) is 0 Å². The van der Waals surface area contributed by atoms with Crippen LogP contribution in [0.5, 0.6) is 0 Å². The van der Waals surface area contributed by atoms with Crippen LogP contribution in [0.4, 0.5) is 0 Å². The first-order valence-electron chi connectivity index (χ1n) is 7.39. The van der Waals surface area contributed by atoms with Crippen molar-refractivity contribution in [2.75, 3.05) is 0 Å². The molecule has 0 aromatic heterocycles. The van der Waals surface area contributed by atoms with Crippen LogP contribution in [0.2, 0.25) is 0 Å². The predicted molar refractivity (Wildman–Crippen MR) is 73.6 cm³/mol. The minimum Gasteiger partial charge on any atom is -0.0808 e. The number of fused-ring (bicyclic) bond motifs is 3. The van der Waals surface area contributed by atoms with Gasteiger partial charge in [0.2, 0.25) is 0 Å². The molecule has 7 atom stereocenters. The van der Waals surface area contributed by atoms with Gasteiger partial charge in [0.15, 0.2) is 0 Å². The molecule has 0 aliphatic heterocycles. The predicted octanol–water partition coefficient (Wildman–Crippen LogP) is 4.68. The lowest BCUT2D eigenvalue weighted by Crippen LogP contribution is -2.43. The first-order valence-corrected chi connectivity index (χ1v) is 7.39. The molecule has 0 aromatic carbocycles. The fourth-order valence-electron chi connectivity index (χ4n) is 5.06. The minimum absolute atomic E-state index is 0.584. The second-order valence-electron chi connectivity index (χ2n) is 7.19. The van der Waals surface area contributed by atoms with Crippen LogP contribution in [-0.2, 0) is 0 Å². The topological polar surface area (TPSA) is 0 Å². The highest BCUT2D eigenvalue weighted by atomic mass is 14.6. The molecular weight excluding hydrogens is 204 g/mol. The highest BCUT2D eigenvalue weighted by Crippen LogP contribution is 2.63. The summed E-state index contributed by atoms with van der Waals surface area (Å²) >= 11 is 0. The van der Waals surface area contributed by atoms with Crippen LogP contribution in [0.15, 0.2) is 24.3 Å². The monoisotopic (exact) mass is 230 g/mol. The van der Waals surface area contributed by atoms with E-state index in [1.807, 2.05) is 0 Å². The van der Waals surface area contributed by atoms with Crippen LogP contribution in [-0.4, -0.2) is 0 Å². The molecule has 0 radical (unpaired) electrons. The normalized spacial score (nSPS) is 56.7. The van der Waals surface area contributed by atoms with Crippen LogP contribution < -0.4 is 0 Å². The molecule has 0 nitrogen and oxygen atoms in total. The maximum atomic E-state index is 2.57. The lowest BCUT2D eigenvalue weighted by molar-refractivity contribution is -0.00480. The summed E-state index contributed by atoms with van der Waals surface area (Å²) in [6, 6.07) is 0. The first-order chi connectivity index (χ1) is 8.04. The second-order valence-corrected chi connectivity index (χ2v) is 7.19. The molecule has 0 heterocycles. The van der Waals surface area contributed by atoms with Crippen molar-refractivity contribution in [3.8, 4) is 0 Å². The summed E-state index contributed by atoms with van der Waals surface area (Å²) in [7, 11) is 0. The van der Waals surface area contributed by atoms with Crippen molar-refractivity contribution in [2.45, 2.75) is 40.5 Å². The SMILES string of the molecule is CC1CC2C3C=CC=CC3CC2(C)C(C)C1C. The maximum Gasteiger partial charge on any atom is -0.0133 e. The zero-order chi connectivity index (χ0) is 12.2. The highest BCUT2D eigenvalue weighted by molar-refractivity contribution is 5.21. The van der Waals surface area contributed by atoms with Crippen molar-refractivity contribution in [2.24, 2.45) is 40.9 Å². The van der Waals surface area contributed by atoms with E-state index in [0.717, 1.165) is 35.5 Å². The molecule has 3 aliphatic carbocycles. The van der Waals surface area contributed by atoms with E-state index in [1.54, 1.807) is 0 Å². The van der Waals surface area contributed by atoms with Crippen molar-refractivity contribution in [3.63, 3.8) is 0 Å². The van der Waals surface area contributed by atoms with E-state index in [-0.39, 0.29) is 0 Å². The van der Waals surface area contributed by atoms with Crippen molar-refractivity contribution < 1.29 is 0 Å². The fraction of sp³-hybridized carbons (Fsp3) is 0.765. The molecule has 17 heavy (non-hydrogen) atoms. The molecule has 2 saturated carbocycles. The third-order valence-corrected chi connectivity index (χ3v) is 6.64. The van der Waals surface area contributed by atoms with Crippen molar-refractivity contribution in [1.82, 2.24) is 0 Å². The summed E-state index contributed by atoms with van der Waals surface area (Å²) in [5.41, 5.74) is 0.584. The molecule has 0 saturated heterocycles. The van der Waals surface area contributed by atoms with Gasteiger partial charge in [0.25, 0.3) is 0 Å². The van der Waals surface area contributed by atoms with Gasteiger partial charge in [0, 0.05) is 0 Å². The molecule has 0 N–H and O–H groups in total. The smallest absolute Gasteiger partial charge is 0.0133 e. The van der Waals surface area contributed by atoms with Crippen molar-refractivity contribution in [1.29, 1.82) is 0 Å². The zero-order valence-electron chi connectivity index (χ0n) is 11.7. The summed E-state index contributed by atoms with van der Waals surface area (Å²) in [4.78, 5) is 0. The zero-order valence-corrected chi connectivity index (χ0v) is 11.7. The summed E-state index contributed by atoms with van der Waals surface area (Å²) in [5, 5.41) is 0. The molecule has 3 rings (SSSR count). The Morgan fingerprint density at radius 3 is 2.53 bits per heavy atom. The first kappa shape index (κ1) is 11.6. The van der Waals surface area contributed by atoms with Gasteiger partial charge in [0.1, 0.15) is 0 Å². The van der Waals surface area contributed by atoms with Gasteiger partial charge in [-0.1, -0.05) is 52.0 Å². The largest absolute Gasteiger partial charge is 0.0808 e. The van der Waals surface area contributed by atoms with Gasteiger partial charge in [-0.15, -0.1) is 0 Å². The molecule has 7 unspecified atom stereocenters. The van der Waals surface area contributed by atoms with E-state index < -0.39 is 0 Å². The molecule has 2 fully saturated rings. The Balaban J connectivity index is 1.96. The number of allylic oxidation sites excluding steroid dienone is 4. The molecular formula is C17H26. The standard InChI is InChI=1S/C17H26/c1-11-9-16-15-8-6-5-7-14(15)10-17(16,4)13(3)12(11)2/h5-8,11-16H,9-10H2,1-4H3. The fourth-order valence-corrected chi connectivity index (χ4v) is 5.06. The Kier molecular flexibility index (Phi) is 2.54. The lowest BCUT2D eigenvalue weighted by Gasteiger charge is -2.49. The number of hydrogen-bond acceptors (Lipinski definition) is 0. The van der Waals surface area contributed by atoms with E-state index >= 15 is 0 Å². The molecule has 94 valence electrons. The van der Waals surface area contributed by atoms with Gasteiger partial charge in [-0.2, -0.15) is 0 Å². The van der Waals surface area contributed by atoms with Crippen LogP contribution in [0.1, 0.15) is 40.5 Å². The quantitative estimate of drug-likeness (QED) is 0.566. The average Bonchev–Trinajstić information content (AvgIpc) is 2.61. The van der Waals surface area contributed by atoms with Gasteiger partial charge in [-0.3, -0.25) is 0 Å². The third kappa shape index (κ3) is 1.49. The Morgan fingerprint density at radius 1 is 1.06 bits per heavy atom. The Morgan fingerprint density at radius 2 is 1.76 bits per heavy atom. The molecule has 0 bridgehead atoms. The van der Waals surface area contributed by atoms with E-state index in [0.29, 0.717) is 5.41 Å². The molecule has 3 aliphatic rings. The van der Waals surface area contributed by atoms with Crippen LogP contribution in [0, 0.1) is 40.9 Å². The van der Waals surface area contributed by atoms with Crippen LogP contribution >= 0.6 is 0 Å². The Labute approximate surface area is 106 Å². The van der Waals surface area contributed by atoms with E-state index in [1.165, 1.54) is 12.8 Å². The van der Waals surface area contributed by atoms with Crippen molar-refractivity contribution in [3.05, 3.63) is 24.3 Å². The second kappa shape index (κ2) is 3.73. The maximum absolute atomic E-state index is 2.57. The number of rotatable bonds is 0. The Hall–Kier alpha value is -0.520. The summed E-state index contributed by atoms with van der Waals surface area (Å²) in [6.07, 6.45) is 12.4. The van der Waals surface area contributed by atoms with Gasteiger partial charge in [0.05, 0.1) is 0 Å². The number of hydrogen-bond donors (Lipinski definition) is 0.